The first-order valence-electron chi connectivity index (χ1n) is 6.83. The third-order valence-electron chi connectivity index (χ3n) is 3.14. The second kappa shape index (κ2) is 6.60. The van der Waals surface area contributed by atoms with E-state index in [-0.39, 0.29) is 0 Å². The van der Waals surface area contributed by atoms with Crippen LogP contribution in [0, 0.1) is 6.92 Å². The summed E-state index contributed by atoms with van der Waals surface area (Å²) < 4.78 is 27.2. The van der Waals surface area contributed by atoms with Gasteiger partial charge < -0.3 is 5.73 Å². The third-order valence-corrected chi connectivity index (χ3v) is 6.42. The molecule has 0 spiro atoms. The lowest BCUT2D eigenvalue weighted by Crippen LogP contribution is -2.30. The molecule has 2 rings (SSSR count). The van der Waals surface area contributed by atoms with E-state index in [0.29, 0.717) is 23.0 Å². The van der Waals surface area contributed by atoms with Crippen molar-refractivity contribution in [2.75, 3.05) is 12.3 Å². The van der Waals surface area contributed by atoms with E-state index in [2.05, 4.69) is 0 Å². The highest BCUT2D eigenvalue weighted by molar-refractivity contribution is 7.91. The van der Waals surface area contributed by atoms with E-state index in [1.807, 2.05) is 38.1 Å². The second-order valence-electron chi connectivity index (χ2n) is 5.02. The summed E-state index contributed by atoms with van der Waals surface area (Å²) in [5, 5.41) is 1.66. The average molecular weight is 324 g/mol. The molecular weight excluding hydrogens is 304 g/mol. The van der Waals surface area contributed by atoms with Crippen LogP contribution in [0.25, 0.3) is 0 Å². The molecule has 2 N–H and O–H groups in total. The second-order valence-corrected chi connectivity index (χ2v) is 8.10. The number of aryl methyl sites for hydroxylation is 1. The number of rotatable bonds is 6. The van der Waals surface area contributed by atoms with Gasteiger partial charge in [0.05, 0.1) is 0 Å². The van der Waals surface area contributed by atoms with Gasteiger partial charge in [0.25, 0.3) is 10.0 Å². The van der Waals surface area contributed by atoms with Gasteiger partial charge in [-0.2, -0.15) is 4.31 Å². The monoisotopic (exact) mass is 324 g/mol. The molecule has 0 saturated carbocycles. The van der Waals surface area contributed by atoms with Gasteiger partial charge in [-0.25, -0.2) is 8.42 Å². The summed E-state index contributed by atoms with van der Waals surface area (Å²) in [7, 11) is -3.48. The molecule has 0 radical (unpaired) electrons. The van der Waals surface area contributed by atoms with E-state index in [9.17, 15) is 8.42 Å². The number of thiophene rings is 1. The van der Waals surface area contributed by atoms with Crippen LogP contribution < -0.4 is 5.73 Å². The number of anilines is 1. The fourth-order valence-electron chi connectivity index (χ4n) is 2.02. The van der Waals surface area contributed by atoms with Gasteiger partial charge in [-0.05, 0) is 25.0 Å². The zero-order chi connectivity index (χ0) is 15.5. The van der Waals surface area contributed by atoms with E-state index in [1.165, 1.54) is 21.7 Å². The van der Waals surface area contributed by atoms with E-state index in [0.717, 1.165) is 17.5 Å². The van der Waals surface area contributed by atoms with Gasteiger partial charge in [-0.1, -0.05) is 36.8 Å². The molecule has 1 aromatic heterocycles. The molecule has 0 aliphatic rings. The summed E-state index contributed by atoms with van der Waals surface area (Å²) in [4.78, 5) is 0. The van der Waals surface area contributed by atoms with Gasteiger partial charge in [0.1, 0.15) is 4.21 Å². The molecule has 1 heterocycles. The summed E-state index contributed by atoms with van der Waals surface area (Å²) in [5.74, 6) is 0. The summed E-state index contributed by atoms with van der Waals surface area (Å²) >= 11 is 1.17. The fraction of sp³-hybridized carbons (Fsp3) is 0.333. The van der Waals surface area contributed by atoms with Crippen molar-refractivity contribution >= 4 is 27.0 Å². The SMILES string of the molecule is CCCN(Cc1ccc(C)cc1)S(=O)(=O)c1cc(N)cs1. The van der Waals surface area contributed by atoms with Crippen molar-refractivity contribution in [1.29, 1.82) is 0 Å². The molecule has 0 saturated heterocycles. The molecule has 0 unspecified atom stereocenters. The lowest BCUT2D eigenvalue weighted by Gasteiger charge is -2.21. The van der Waals surface area contributed by atoms with Gasteiger partial charge in [-0.3, -0.25) is 0 Å². The molecule has 4 nitrogen and oxygen atoms in total. The number of hydrogen-bond acceptors (Lipinski definition) is 4. The van der Waals surface area contributed by atoms with Crippen LogP contribution in [0.1, 0.15) is 24.5 Å². The highest BCUT2D eigenvalue weighted by Crippen LogP contribution is 2.26. The van der Waals surface area contributed by atoms with Gasteiger partial charge in [-0.15, -0.1) is 11.3 Å². The fourth-order valence-corrected chi connectivity index (χ4v) is 4.78. The Morgan fingerprint density at radius 2 is 1.90 bits per heavy atom. The van der Waals surface area contributed by atoms with Crippen molar-refractivity contribution in [2.24, 2.45) is 0 Å². The minimum absolute atomic E-state index is 0.306. The number of sulfonamides is 1. The molecule has 21 heavy (non-hydrogen) atoms. The van der Waals surface area contributed by atoms with Crippen LogP contribution in [0.5, 0.6) is 0 Å². The molecule has 0 fully saturated rings. The molecular formula is C15H20N2O2S2. The van der Waals surface area contributed by atoms with Gasteiger partial charge >= 0.3 is 0 Å². The maximum atomic E-state index is 12.7. The summed E-state index contributed by atoms with van der Waals surface area (Å²) in [5.41, 5.74) is 8.29. The van der Waals surface area contributed by atoms with E-state index >= 15 is 0 Å². The largest absolute Gasteiger partial charge is 0.398 e. The molecule has 0 aliphatic heterocycles. The molecule has 6 heteroatoms. The first-order valence-corrected chi connectivity index (χ1v) is 9.15. The summed E-state index contributed by atoms with van der Waals surface area (Å²) in [6, 6.07) is 9.45. The zero-order valence-corrected chi connectivity index (χ0v) is 13.9. The van der Waals surface area contributed by atoms with Crippen molar-refractivity contribution in [2.45, 2.75) is 31.0 Å². The van der Waals surface area contributed by atoms with Crippen LogP contribution in [0.4, 0.5) is 5.69 Å². The Kier molecular flexibility index (Phi) is 5.03. The number of nitrogens with zero attached hydrogens (tertiary/aromatic N) is 1. The molecule has 114 valence electrons. The maximum Gasteiger partial charge on any atom is 0.252 e. The minimum atomic E-state index is -3.48. The van der Waals surface area contributed by atoms with Crippen LogP contribution in [0.15, 0.2) is 39.9 Å². The molecule has 0 aliphatic carbocycles. The first kappa shape index (κ1) is 16.0. The molecule has 1 aromatic carbocycles. The Balaban J connectivity index is 2.27. The predicted molar refractivity (Wildman–Crippen MR) is 87.8 cm³/mol. The number of nitrogens with two attached hydrogens (primary N) is 1. The van der Waals surface area contributed by atoms with Crippen LogP contribution in [0.3, 0.4) is 0 Å². The standard InChI is InChI=1S/C15H20N2O2S2/c1-3-8-17(10-13-6-4-12(2)5-7-13)21(18,19)15-9-14(16)11-20-15/h4-7,9,11H,3,8,10,16H2,1-2H3. The number of benzene rings is 1. The quantitative estimate of drug-likeness (QED) is 0.887. The summed E-state index contributed by atoms with van der Waals surface area (Å²) in [6.45, 7) is 4.86. The van der Waals surface area contributed by atoms with E-state index < -0.39 is 10.0 Å². The lowest BCUT2D eigenvalue weighted by atomic mass is 10.1. The molecule has 0 amide bonds. The van der Waals surface area contributed by atoms with Crippen LogP contribution in [0.2, 0.25) is 0 Å². The Morgan fingerprint density at radius 3 is 2.43 bits per heavy atom. The van der Waals surface area contributed by atoms with Crippen molar-refractivity contribution in [1.82, 2.24) is 4.31 Å². The number of nitrogen functional groups attached to an aromatic ring is 1. The molecule has 0 bridgehead atoms. The maximum absolute atomic E-state index is 12.7. The highest BCUT2D eigenvalue weighted by Gasteiger charge is 2.25. The van der Waals surface area contributed by atoms with Crippen LogP contribution in [-0.4, -0.2) is 19.3 Å². The first-order chi connectivity index (χ1) is 9.93. The zero-order valence-electron chi connectivity index (χ0n) is 12.2. The van der Waals surface area contributed by atoms with Gasteiger partial charge in [0, 0.05) is 24.2 Å². The van der Waals surface area contributed by atoms with Crippen molar-refractivity contribution < 1.29 is 8.42 Å². The predicted octanol–water partition coefficient (Wildman–Crippen LogP) is 3.24. The van der Waals surface area contributed by atoms with Crippen LogP contribution in [-0.2, 0) is 16.6 Å². The Bertz CT molecular complexity index is 691. The third kappa shape index (κ3) is 3.84. The summed E-state index contributed by atoms with van der Waals surface area (Å²) in [6.07, 6.45) is 0.770. The molecule has 0 atom stereocenters. The lowest BCUT2D eigenvalue weighted by molar-refractivity contribution is 0.407. The Labute approximate surface area is 130 Å². The van der Waals surface area contributed by atoms with Gasteiger partial charge in [0.2, 0.25) is 0 Å². The van der Waals surface area contributed by atoms with Crippen molar-refractivity contribution in [3.8, 4) is 0 Å². The normalized spacial score (nSPS) is 12.0. The van der Waals surface area contributed by atoms with Crippen LogP contribution >= 0.6 is 11.3 Å². The molecule has 2 aromatic rings. The van der Waals surface area contributed by atoms with E-state index in [1.54, 1.807) is 5.38 Å². The van der Waals surface area contributed by atoms with Crippen molar-refractivity contribution in [3.05, 3.63) is 46.8 Å². The number of hydrogen-bond donors (Lipinski definition) is 1. The van der Waals surface area contributed by atoms with Gasteiger partial charge in [0.15, 0.2) is 0 Å². The topological polar surface area (TPSA) is 63.4 Å². The Morgan fingerprint density at radius 1 is 1.24 bits per heavy atom. The smallest absolute Gasteiger partial charge is 0.252 e. The Hall–Kier alpha value is -1.37. The van der Waals surface area contributed by atoms with Crippen molar-refractivity contribution in [3.63, 3.8) is 0 Å². The van der Waals surface area contributed by atoms with E-state index in [4.69, 9.17) is 5.73 Å². The highest BCUT2D eigenvalue weighted by atomic mass is 32.2. The minimum Gasteiger partial charge on any atom is -0.398 e. The average Bonchev–Trinajstić information content (AvgIpc) is 2.88.